The maximum atomic E-state index is 2.95. The Morgan fingerprint density at radius 1 is 0.238 bits per heavy atom. The molecular formula is C38H72N4. The van der Waals surface area contributed by atoms with Crippen LogP contribution in [0.2, 0.25) is 0 Å². The van der Waals surface area contributed by atoms with Gasteiger partial charge in [0.15, 0.2) is 0 Å². The van der Waals surface area contributed by atoms with Gasteiger partial charge < -0.3 is 19.6 Å². The molecule has 0 aromatic rings. The molecule has 1 aliphatic heterocycles. The molecule has 4 aliphatic carbocycles. The summed E-state index contributed by atoms with van der Waals surface area (Å²) in [6.45, 7) is 16.1. The van der Waals surface area contributed by atoms with Crippen molar-refractivity contribution in [3.8, 4) is 0 Å². The van der Waals surface area contributed by atoms with Crippen molar-refractivity contribution in [2.75, 3.05) is 78.5 Å². The number of rotatable bonds is 8. The fraction of sp³-hybridized carbons (Fsp3) is 1.00. The summed E-state index contributed by atoms with van der Waals surface area (Å²) in [5.74, 6) is 3.87. The maximum absolute atomic E-state index is 2.95. The van der Waals surface area contributed by atoms with E-state index in [9.17, 15) is 0 Å². The van der Waals surface area contributed by atoms with Crippen LogP contribution in [0.1, 0.15) is 141 Å². The molecular weight excluding hydrogens is 512 g/mol. The molecule has 5 aliphatic rings. The SMILES string of the molecule is C1CCC(CN2CCCN(CC3CCCCC3)CCN(CC3CCCCC3)CCCN(CC3CCCCC3)CC2)CC1. The zero-order chi connectivity index (χ0) is 28.7. The maximum Gasteiger partial charge on any atom is 0.0109 e. The molecule has 0 atom stereocenters. The van der Waals surface area contributed by atoms with Crippen LogP contribution in [0.25, 0.3) is 0 Å². The Bertz CT molecular complexity index is 561. The van der Waals surface area contributed by atoms with E-state index in [1.807, 2.05) is 0 Å². The third kappa shape index (κ3) is 12.3. The Balaban J connectivity index is 1.23. The first-order valence-electron chi connectivity index (χ1n) is 19.7. The van der Waals surface area contributed by atoms with Gasteiger partial charge in [-0.25, -0.2) is 0 Å². The van der Waals surface area contributed by atoms with Gasteiger partial charge in [0.1, 0.15) is 0 Å². The fourth-order valence-electron chi connectivity index (χ4n) is 9.72. The average molecular weight is 585 g/mol. The molecule has 42 heavy (non-hydrogen) atoms. The molecule has 0 N–H and O–H groups in total. The van der Waals surface area contributed by atoms with Crippen molar-refractivity contribution in [1.29, 1.82) is 0 Å². The Kier molecular flexibility index (Phi) is 15.3. The van der Waals surface area contributed by atoms with Gasteiger partial charge in [-0.05, 0) is 114 Å². The zero-order valence-corrected chi connectivity index (χ0v) is 28.1. The highest BCUT2D eigenvalue weighted by Gasteiger charge is 2.24. The second-order valence-electron chi connectivity index (χ2n) is 15.9. The predicted molar refractivity (Wildman–Crippen MR) is 181 cm³/mol. The van der Waals surface area contributed by atoms with E-state index in [2.05, 4.69) is 19.6 Å². The van der Waals surface area contributed by atoms with Gasteiger partial charge in [-0.15, -0.1) is 0 Å². The van der Waals surface area contributed by atoms with E-state index in [0.29, 0.717) is 0 Å². The predicted octanol–water partition coefficient (Wildman–Crippen LogP) is 8.31. The van der Waals surface area contributed by atoms with Crippen molar-refractivity contribution in [1.82, 2.24) is 19.6 Å². The second-order valence-corrected chi connectivity index (χ2v) is 15.9. The van der Waals surface area contributed by atoms with Crippen molar-refractivity contribution < 1.29 is 0 Å². The number of hydrogen-bond acceptors (Lipinski definition) is 4. The topological polar surface area (TPSA) is 13.0 Å². The molecule has 4 saturated carbocycles. The van der Waals surface area contributed by atoms with Gasteiger partial charge in [-0.2, -0.15) is 0 Å². The molecule has 0 aromatic carbocycles. The molecule has 1 heterocycles. The minimum absolute atomic E-state index is 0.969. The summed E-state index contributed by atoms with van der Waals surface area (Å²) in [5.41, 5.74) is 0. The smallest absolute Gasteiger partial charge is 0.0109 e. The molecule has 4 heteroatoms. The van der Waals surface area contributed by atoms with E-state index in [1.54, 1.807) is 0 Å². The Morgan fingerprint density at radius 2 is 0.452 bits per heavy atom. The molecule has 0 aromatic heterocycles. The molecule has 244 valence electrons. The van der Waals surface area contributed by atoms with E-state index in [4.69, 9.17) is 0 Å². The first kappa shape index (κ1) is 33.2. The number of nitrogens with zero attached hydrogens (tertiary/aromatic N) is 4. The highest BCUT2D eigenvalue weighted by atomic mass is 15.2. The van der Waals surface area contributed by atoms with Crippen molar-refractivity contribution >= 4 is 0 Å². The monoisotopic (exact) mass is 585 g/mol. The Morgan fingerprint density at radius 3 is 0.667 bits per heavy atom. The molecule has 4 nitrogen and oxygen atoms in total. The van der Waals surface area contributed by atoms with Crippen molar-refractivity contribution in [2.24, 2.45) is 23.7 Å². The Hall–Kier alpha value is -0.160. The van der Waals surface area contributed by atoms with Gasteiger partial charge in [-0.1, -0.05) is 77.0 Å². The van der Waals surface area contributed by atoms with Gasteiger partial charge >= 0.3 is 0 Å². The molecule has 1 saturated heterocycles. The summed E-state index contributed by atoms with van der Waals surface area (Å²) in [6, 6.07) is 0. The van der Waals surface area contributed by atoms with Crippen LogP contribution in [-0.4, -0.2) is 98.1 Å². The largest absolute Gasteiger partial charge is 0.302 e. The fourth-order valence-corrected chi connectivity index (χ4v) is 9.72. The minimum atomic E-state index is 0.969. The quantitative estimate of drug-likeness (QED) is 0.284. The first-order valence-corrected chi connectivity index (χ1v) is 19.7. The summed E-state index contributed by atoms with van der Waals surface area (Å²) in [6.07, 6.45) is 32.5. The third-order valence-electron chi connectivity index (χ3n) is 12.3. The normalized spacial score (nSPS) is 28.6. The average Bonchev–Trinajstić information content (AvgIpc) is 3.03. The van der Waals surface area contributed by atoms with E-state index in [1.165, 1.54) is 220 Å². The van der Waals surface area contributed by atoms with E-state index in [-0.39, 0.29) is 0 Å². The second kappa shape index (κ2) is 19.4. The molecule has 5 fully saturated rings. The molecule has 0 spiro atoms. The minimum Gasteiger partial charge on any atom is -0.302 e. The highest BCUT2D eigenvalue weighted by Crippen LogP contribution is 2.28. The summed E-state index contributed by atoms with van der Waals surface area (Å²) >= 11 is 0. The summed E-state index contributed by atoms with van der Waals surface area (Å²) in [7, 11) is 0. The van der Waals surface area contributed by atoms with Crippen molar-refractivity contribution in [3.63, 3.8) is 0 Å². The molecule has 0 bridgehead atoms. The lowest BCUT2D eigenvalue weighted by Gasteiger charge is -2.37. The highest BCUT2D eigenvalue weighted by molar-refractivity contribution is 4.79. The van der Waals surface area contributed by atoms with Gasteiger partial charge in [0.25, 0.3) is 0 Å². The molecule has 0 unspecified atom stereocenters. The van der Waals surface area contributed by atoms with Crippen LogP contribution in [0.4, 0.5) is 0 Å². The zero-order valence-electron chi connectivity index (χ0n) is 28.1. The van der Waals surface area contributed by atoms with E-state index >= 15 is 0 Å². The Labute approximate surface area is 262 Å². The summed E-state index contributed by atoms with van der Waals surface area (Å²) in [4.78, 5) is 11.8. The summed E-state index contributed by atoms with van der Waals surface area (Å²) < 4.78 is 0. The van der Waals surface area contributed by atoms with Crippen LogP contribution in [0.15, 0.2) is 0 Å². The van der Waals surface area contributed by atoms with E-state index < -0.39 is 0 Å². The van der Waals surface area contributed by atoms with Crippen LogP contribution in [0, 0.1) is 23.7 Å². The third-order valence-corrected chi connectivity index (χ3v) is 12.3. The lowest BCUT2D eigenvalue weighted by atomic mass is 9.88. The molecule has 5 rings (SSSR count). The van der Waals surface area contributed by atoms with Crippen molar-refractivity contribution in [2.45, 2.75) is 141 Å². The lowest BCUT2D eigenvalue weighted by Crippen LogP contribution is -2.44. The van der Waals surface area contributed by atoms with Crippen LogP contribution < -0.4 is 0 Å². The van der Waals surface area contributed by atoms with Crippen LogP contribution in [-0.2, 0) is 0 Å². The molecule has 0 radical (unpaired) electrons. The number of hydrogen-bond donors (Lipinski definition) is 0. The van der Waals surface area contributed by atoms with E-state index in [0.717, 1.165) is 23.7 Å². The van der Waals surface area contributed by atoms with Crippen molar-refractivity contribution in [3.05, 3.63) is 0 Å². The molecule has 0 amide bonds. The van der Waals surface area contributed by atoms with Gasteiger partial charge in [0.05, 0.1) is 0 Å². The standard InChI is InChI=1S/C38H72N4/c1-5-15-35(16-6-1)31-39-23-13-24-41(33-37-19-9-3-10-20-37)29-30-42(34-38-21-11-4-12-22-38)26-14-25-40(28-27-39)32-36-17-7-2-8-18-36/h35-38H,1-34H2. The van der Waals surface area contributed by atoms with Crippen LogP contribution in [0.5, 0.6) is 0 Å². The van der Waals surface area contributed by atoms with Gasteiger partial charge in [0.2, 0.25) is 0 Å². The lowest BCUT2D eigenvalue weighted by molar-refractivity contribution is 0.115. The first-order chi connectivity index (χ1) is 20.8. The summed E-state index contributed by atoms with van der Waals surface area (Å²) in [5, 5.41) is 0. The van der Waals surface area contributed by atoms with Gasteiger partial charge in [-0.3, -0.25) is 0 Å². The van der Waals surface area contributed by atoms with Gasteiger partial charge in [0, 0.05) is 52.4 Å². The van der Waals surface area contributed by atoms with Crippen LogP contribution >= 0.6 is 0 Å². The van der Waals surface area contributed by atoms with Crippen LogP contribution in [0.3, 0.4) is 0 Å².